The van der Waals surface area contributed by atoms with E-state index in [0.29, 0.717) is 13.0 Å². The number of aromatic nitrogens is 1. The fourth-order valence-electron chi connectivity index (χ4n) is 4.42. The Bertz CT molecular complexity index is 833. The predicted molar refractivity (Wildman–Crippen MR) is 118 cm³/mol. The van der Waals surface area contributed by atoms with Crippen molar-refractivity contribution in [1.29, 1.82) is 0 Å². The molecule has 0 unspecified atom stereocenters. The number of piperazine rings is 1. The van der Waals surface area contributed by atoms with Gasteiger partial charge < -0.3 is 14.9 Å². The van der Waals surface area contributed by atoms with Gasteiger partial charge in [0.05, 0.1) is 6.10 Å². The molecule has 1 fully saturated rings. The van der Waals surface area contributed by atoms with Crippen LogP contribution >= 0.6 is 11.3 Å². The fourth-order valence-corrected chi connectivity index (χ4v) is 5.11. The second-order valence-electron chi connectivity index (χ2n) is 8.07. The SMILES string of the molecule is CCCC(=O)N1c2ccc([C@H](O)CN3CCN(c4nccs4)CC3)cc2C[C@H]1C. The monoisotopic (exact) mass is 414 g/mol. The molecule has 2 aliphatic heterocycles. The van der Waals surface area contributed by atoms with Gasteiger partial charge in [-0.25, -0.2) is 4.98 Å². The molecule has 2 aromatic rings. The van der Waals surface area contributed by atoms with E-state index in [1.165, 1.54) is 5.56 Å². The molecule has 1 aromatic heterocycles. The standard InChI is InChI=1S/C22H30N4O2S/c1-3-4-21(28)26-16(2)13-18-14-17(5-6-19(18)26)20(27)15-24-8-10-25(11-9-24)22-23-7-12-29-22/h5-7,12,14,16,20,27H,3-4,8-11,13,15H2,1-2H3/t16-,20-/m1/s1. The maximum Gasteiger partial charge on any atom is 0.227 e. The first-order valence-corrected chi connectivity index (χ1v) is 11.4. The number of thiazole rings is 1. The number of amides is 1. The number of hydrogen-bond donors (Lipinski definition) is 1. The number of nitrogens with zero attached hydrogens (tertiary/aromatic N) is 4. The fraction of sp³-hybridized carbons (Fsp3) is 0.545. The summed E-state index contributed by atoms with van der Waals surface area (Å²) in [5.74, 6) is 0.199. The molecule has 1 saturated heterocycles. The third kappa shape index (κ3) is 4.32. The number of carbonyl (C=O) groups is 1. The summed E-state index contributed by atoms with van der Waals surface area (Å²) >= 11 is 1.68. The number of hydrogen-bond acceptors (Lipinski definition) is 6. The van der Waals surface area contributed by atoms with Crippen molar-refractivity contribution in [2.45, 2.75) is 45.3 Å². The van der Waals surface area contributed by atoms with Gasteiger partial charge in [0.2, 0.25) is 5.91 Å². The lowest BCUT2D eigenvalue weighted by atomic mass is 10.0. The van der Waals surface area contributed by atoms with Gasteiger partial charge in [0.15, 0.2) is 5.13 Å². The second kappa shape index (κ2) is 8.81. The maximum atomic E-state index is 12.5. The highest BCUT2D eigenvalue weighted by Gasteiger charge is 2.31. The molecule has 6 nitrogen and oxygen atoms in total. The first-order valence-electron chi connectivity index (χ1n) is 10.6. The Morgan fingerprint density at radius 2 is 2.10 bits per heavy atom. The van der Waals surface area contributed by atoms with Crippen LogP contribution in [0.3, 0.4) is 0 Å². The maximum absolute atomic E-state index is 12.5. The molecule has 1 aromatic carbocycles. The highest BCUT2D eigenvalue weighted by molar-refractivity contribution is 7.13. The molecule has 29 heavy (non-hydrogen) atoms. The van der Waals surface area contributed by atoms with Crippen molar-refractivity contribution in [2.75, 3.05) is 42.5 Å². The number of β-amino-alcohol motifs (C(OH)–C–C–N with tert-alkyl or cyclic N) is 1. The lowest BCUT2D eigenvalue weighted by Gasteiger charge is -2.35. The number of aliphatic hydroxyl groups excluding tert-OH is 1. The van der Waals surface area contributed by atoms with Gasteiger partial charge in [0.25, 0.3) is 0 Å². The minimum absolute atomic E-state index is 0.190. The van der Waals surface area contributed by atoms with Gasteiger partial charge >= 0.3 is 0 Å². The van der Waals surface area contributed by atoms with E-state index in [-0.39, 0.29) is 11.9 Å². The number of fused-ring (bicyclic) bond motifs is 1. The summed E-state index contributed by atoms with van der Waals surface area (Å²) in [6, 6.07) is 6.29. The van der Waals surface area contributed by atoms with E-state index in [2.05, 4.69) is 27.8 Å². The summed E-state index contributed by atoms with van der Waals surface area (Å²) in [5.41, 5.74) is 3.14. The molecule has 0 aliphatic carbocycles. The first-order chi connectivity index (χ1) is 14.1. The molecule has 0 bridgehead atoms. The molecule has 3 heterocycles. The third-order valence-corrected chi connectivity index (χ3v) is 6.76. The summed E-state index contributed by atoms with van der Waals surface area (Å²) in [6.07, 6.45) is 3.65. The Labute approximate surface area is 176 Å². The van der Waals surface area contributed by atoms with E-state index in [1.807, 2.05) is 35.5 Å². The summed E-state index contributed by atoms with van der Waals surface area (Å²) in [6.45, 7) is 8.52. The van der Waals surface area contributed by atoms with Gasteiger partial charge in [-0.2, -0.15) is 0 Å². The van der Waals surface area contributed by atoms with Crippen LogP contribution in [0, 0.1) is 0 Å². The van der Waals surface area contributed by atoms with E-state index in [4.69, 9.17) is 0 Å². The van der Waals surface area contributed by atoms with Crippen LogP contribution in [0.2, 0.25) is 0 Å². The lowest BCUT2D eigenvalue weighted by molar-refractivity contribution is -0.118. The molecule has 2 aliphatic rings. The van der Waals surface area contributed by atoms with Crippen LogP contribution in [-0.2, 0) is 11.2 Å². The highest BCUT2D eigenvalue weighted by atomic mass is 32.1. The van der Waals surface area contributed by atoms with E-state index in [1.54, 1.807) is 11.3 Å². The molecule has 0 spiro atoms. The van der Waals surface area contributed by atoms with Crippen molar-refractivity contribution in [3.8, 4) is 0 Å². The van der Waals surface area contributed by atoms with Gasteiger partial charge in [-0.05, 0) is 37.0 Å². The minimum atomic E-state index is -0.512. The Kier molecular flexibility index (Phi) is 6.18. The summed E-state index contributed by atoms with van der Waals surface area (Å²) in [4.78, 5) is 23.4. The number of rotatable bonds is 6. The molecule has 2 atom stereocenters. The zero-order chi connectivity index (χ0) is 20.4. The van der Waals surface area contributed by atoms with Crippen LogP contribution in [0.4, 0.5) is 10.8 Å². The molecule has 7 heteroatoms. The van der Waals surface area contributed by atoms with Crippen LogP contribution < -0.4 is 9.80 Å². The third-order valence-electron chi connectivity index (χ3n) is 5.93. The summed E-state index contributed by atoms with van der Waals surface area (Å²) in [5, 5.41) is 13.9. The quantitative estimate of drug-likeness (QED) is 0.787. The van der Waals surface area contributed by atoms with Crippen LogP contribution in [0.5, 0.6) is 0 Å². The zero-order valence-electron chi connectivity index (χ0n) is 17.3. The largest absolute Gasteiger partial charge is 0.387 e. The molecule has 0 saturated carbocycles. The Morgan fingerprint density at radius 3 is 2.79 bits per heavy atom. The number of carbonyl (C=O) groups excluding carboxylic acids is 1. The molecule has 0 radical (unpaired) electrons. The van der Waals surface area contributed by atoms with Crippen LogP contribution in [0.1, 0.15) is 43.9 Å². The molecular weight excluding hydrogens is 384 g/mol. The Hall–Kier alpha value is -1.96. The molecule has 1 N–H and O–H groups in total. The van der Waals surface area contributed by atoms with Gasteiger partial charge in [-0.1, -0.05) is 19.1 Å². The van der Waals surface area contributed by atoms with Crippen LogP contribution in [-0.4, -0.2) is 59.7 Å². The normalized spacial score (nSPS) is 20.7. The van der Waals surface area contributed by atoms with Crippen molar-refractivity contribution in [3.63, 3.8) is 0 Å². The van der Waals surface area contributed by atoms with Gasteiger partial charge in [-0.3, -0.25) is 9.69 Å². The smallest absolute Gasteiger partial charge is 0.227 e. The zero-order valence-corrected chi connectivity index (χ0v) is 18.1. The topological polar surface area (TPSA) is 59.9 Å². The Balaban J connectivity index is 1.37. The molecular formula is C22H30N4O2S. The summed E-state index contributed by atoms with van der Waals surface area (Å²) < 4.78 is 0. The predicted octanol–water partition coefficient (Wildman–Crippen LogP) is 3.08. The van der Waals surface area contributed by atoms with Gasteiger partial charge in [-0.15, -0.1) is 11.3 Å². The van der Waals surface area contributed by atoms with E-state index < -0.39 is 6.10 Å². The minimum Gasteiger partial charge on any atom is -0.387 e. The molecule has 1 amide bonds. The van der Waals surface area contributed by atoms with E-state index in [9.17, 15) is 9.90 Å². The van der Waals surface area contributed by atoms with Crippen LogP contribution in [0.15, 0.2) is 29.8 Å². The number of anilines is 2. The van der Waals surface area contributed by atoms with Gasteiger partial charge in [0.1, 0.15) is 0 Å². The Morgan fingerprint density at radius 1 is 1.31 bits per heavy atom. The second-order valence-corrected chi connectivity index (χ2v) is 8.95. The average molecular weight is 415 g/mol. The van der Waals surface area contributed by atoms with Crippen molar-refractivity contribution < 1.29 is 9.90 Å². The lowest BCUT2D eigenvalue weighted by Crippen LogP contribution is -2.47. The van der Waals surface area contributed by atoms with Crippen molar-refractivity contribution in [2.24, 2.45) is 0 Å². The van der Waals surface area contributed by atoms with Gasteiger partial charge in [0, 0.05) is 62.5 Å². The summed E-state index contributed by atoms with van der Waals surface area (Å²) in [7, 11) is 0. The first kappa shape index (κ1) is 20.3. The van der Waals surface area contributed by atoms with Crippen molar-refractivity contribution in [3.05, 3.63) is 40.9 Å². The van der Waals surface area contributed by atoms with Crippen LogP contribution in [0.25, 0.3) is 0 Å². The van der Waals surface area contributed by atoms with Crippen molar-refractivity contribution in [1.82, 2.24) is 9.88 Å². The molecule has 156 valence electrons. The number of aliphatic hydroxyl groups is 1. The van der Waals surface area contributed by atoms with Crippen molar-refractivity contribution >= 4 is 28.1 Å². The average Bonchev–Trinajstić information content (AvgIpc) is 3.35. The highest BCUT2D eigenvalue weighted by Crippen LogP contribution is 2.35. The number of benzene rings is 1. The molecule has 4 rings (SSSR count). The van der Waals surface area contributed by atoms with E-state index >= 15 is 0 Å². The van der Waals surface area contributed by atoms with E-state index in [0.717, 1.165) is 55.4 Å².